The van der Waals surface area contributed by atoms with Crippen molar-refractivity contribution in [3.8, 4) is 33.4 Å². The van der Waals surface area contributed by atoms with Crippen LogP contribution in [-0.4, -0.2) is 0 Å². The van der Waals surface area contributed by atoms with E-state index in [1.165, 1.54) is 79.6 Å². The molecule has 302 valence electrons. The summed E-state index contributed by atoms with van der Waals surface area (Å²) < 4.78 is 0. The van der Waals surface area contributed by atoms with E-state index in [0.29, 0.717) is 0 Å². The number of allylic oxidation sites excluding steroid dienone is 4. The Hall–Kier alpha value is -5.98. The molecule has 60 heavy (non-hydrogen) atoms. The van der Waals surface area contributed by atoms with Crippen molar-refractivity contribution < 1.29 is 0 Å². The van der Waals surface area contributed by atoms with Crippen molar-refractivity contribution in [1.29, 1.82) is 0 Å². The van der Waals surface area contributed by atoms with E-state index in [4.69, 9.17) is 0 Å². The van der Waals surface area contributed by atoms with Gasteiger partial charge in [-0.05, 0) is 113 Å². The molecule has 7 aromatic carbocycles. The number of hydrogen-bond acceptors (Lipinski definition) is 0. The fourth-order valence-electron chi connectivity index (χ4n) is 10.2. The zero-order valence-electron chi connectivity index (χ0n) is 36.7. The first-order valence-corrected chi connectivity index (χ1v) is 22.2. The predicted molar refractivity (Wildman–Crippen MR) is 260 cm³/mol. The zero-order valence-corrected chi connectivity index (χ0v) is 36.7. The molecule has 7 aromatic rings. The summed E-state index contributed by atoms with van der Waals surface area (Å²) in [7, 11) is 0. The van der Waals surface area contributed by atoms with E-state index in [1.54, 1.807) is 0 Å². The summed E-state index contributed by atoms with van der Waals surface area (Å²) in [5.74, 6) is 0. The van der Waals surface area contributed by atoms with E-state index in [1.807, 2.05) is 19.9 Å². The normalized spacial score (nSPS) is 20.5. The molecule has 0 aromatic heterocycles. The van der Waals surface area contributed by atoms with Gasteiger partial charge in [-0.25, -0.2) is 0 Å². The first kappa shape index (κ1) is 42.2. The van der Waals surface area contributed by atoms with Crippen LogP contribution in [0.2, 0.25) is 0 Å². The molecule has 0 spiro atoms. The molecule has 9 rings (SSSR count). The number of hydrogen-bond donors (Lipinski definition) is 0. The lowest BCUT2D eigenvalue weighted by Crippen LogP contribution is -2.54. The van der Waals surface area contributed by atoms with Crippen molar-refractivity contribution >= 4 is 5.57 Å². The highest BCUT2D eigenvalue weighted by Gasteiger charge is 2.68. The third kappa shape index (κ3) is 8.53. The second kappa shape index (κ2) is 18.9. The van der Waals surface area contributed by atoms with Crippen LogP contribution in [0.25, 0.3) is 39.0 Å². The monoisotopic (exact) mass is 782 g/mol. The standard InChI is InChI=1S/C45H44.C13H12.C2H6/c1-4-12-34(13-5-2)37-18-24-40(25-19-37)43(3)32-44(41-26-20-38(21-27-41)35-14-8-6-9-15-35)30-31-45(44,33-43)42-28-22-39(23-29-42)36-16-10-7-11-17-36;1-11-7-9-13(10-8-11)12-5-3-2-4-6-12;1-2/h4,6-29H,5,30-33H2,1-3H3;2-10H,1H3;1-2H3/b12-4-,34-13+;;. The van der Waals surface area contributed by atoms with E-state index >= 15 is 0 Å². The van der Waals surface area contributed by atoms with Crippen molar-refractivity contribution in [3.05, 3.63) is 234 Å². The Morgan fingerprint density at radius 3 is 1.17 bits per heavy atom. The second-order valence-corrected chi connectivity index (χ2v) is 16.8. The Morgan fingerprint density at radius 1 is 0.467 bits per heavy atom. The summed E-state index contributed by atoms with van der Waals surface area (Å²) in [6, 6.07) is 69.3. The maximum Gasteiger partial charge on any atom is 0.00588 e. The Morgan fingerprint density at radius 2 is 0.817 bits per heavy atom. The molecule has 0 heteroatoms. The molecule has 2 saturated carbocycles. The summed E-state index contributed by atoms with van der Waals surface area (Å²) >= 11 is 0. The molecule has 0 heterocycles. The van der Waals surface area contributed by atoms with E-state index in [9.17, 15) is 0 Å². The van der Waals surface area contributed by atoms with Gasteiger partial charge in [0.2, 0.25) is 0 Å². The minimum atomic E-state index is 0.0838. The Kier molecular flexibility index (Phi) is 13.3. The van der Waals surface area contributed by atoms with Gasteiger partial charge < -0.3 is 0 Å². The van der Waals surface area contributed by atoms with Crippen LogP contribution in [0.4, 0.5) is 0 Å². The highest BCUT2D eigenvalue weighted by atomic mass is 14.7. The van der Waals surface area contributed by atoms with Crippen LogP contribution >= 0.6 is 0 Å². The number of aryl methyl sites for hydroxylation is 1. The molecule has 0 nitrogen and oxygen atoms in total. The first-order valence-electron chi connectivity index (χ1n) is 22.2. The van der Waals surface area contributed by atoms with Crippen LogP contribution in [0, 0.1) is 6.92 Å². The van der Waals surface area contributed by atoms with Crippen molar-refractivity contribution in [3.63, 3.8) is 0 Å². The molecule has 0 amide bonds. The van der Waals surface area contributed by atoms with Gasteiger partial charge >= 0.3 is 0 Å². The van der Waals surface area contributed by atoms with Gasteiger partial charge in [0.25, 0.3) is 0 Å². The molecule has 2 atom stereocenters. The van der Waals surface area contributed by atoms with Crippen LogP contribution in [0.1, 0.15) is 94.5 Å². The zero-order chi connectivity index (χ0) is 42.0. The summed E-state index contributed by atoms with van der Waals surface area (Å²) in [4.78, 5) is 0. The lowest BCUT2D eigenvalue weighted by Gasteiger charge is -2.57. The summed E-state index contributed by atoms with van der Waals surface area (Å²) in [5, 5.41) is 0. The molecule has 2 fully saturated rings. The van der Waals surface area contributed by atoms with Crippen molar-refractivity contribution in [1.82, 2.24) is 0 Å². The smallest absolute Gasteiger partial charge is 0.00588 e. The van der Waals surface area contributed by atoms with Crippen LogP contribution in [0.3, 0.4) is 0 Å². The third-order valence-electron chi connectivity index (χ3n) is 13.2. The van der Waals surface area contributed by atoms with Crippen LogP contribution in [0.5, 0.6) is 0 Å². The SMILES string of the molecule is C/C=C\C(=C/CC)c1ccc(C2(C)CC3(c4ccc(-c5ccccc5)cc4)CCC3(c3ccc(-c4ccccc4)cc3)C2)cc1.CC.Cc1ccc(-c2ccccc2)cc1. The van der Waals surface area contributed by atoms with Crippen LogP contribution in [0.15, 0.2) is 206 Å². The molecule has 2 unspecified atom stereocenters. The highest BCUT2D eigenvalue weighted by Crippen LogP contribution is 2.72. The number of benzene rings is 7. The molecule has 0 aliphatic heterocycles. The van der Waals surface area contributed by atoms with Gasteiger partial charge in [0, 0.05) is 10.8 Å². The summed E-state index contributed by atoms with van der Waals surface area (Å²) in [6.07, 6.45) is 12.5. The van der Waals surface area contributed by atoms with Crippen molar-refractivity contribution in [2.75, 3.05) is 0 Å². The predicted octanol–water partition coefficient (Wildman–Crippen LogP) is 16.8. The number of rotatable bonds is 9. The third-order valence-corrected chi connectivity index (χ3v) is 13.2. The van der Waals surface area contributed by atoms with Gasteiger partial charge in [-0.2, -0.15) is 0 Å². The molecule has 0 N–H and O–H groups in total. The molecule has 0 radical (unpaired) electrons. The average molecular weight is 783 g/mol. The summed E-state index contributed by atoms with van der Waals surface area (Å²) in [6.45, 7) is 13.0. The minimum absolute atomic E-state index is 0.0838. The van der Waals surface area contributed by atoms with E-state index in [2.05, 4.69) is 228 Å². The lowest BCUT2D eigenvalue weighted by molar-refractivity contribution is 0.107. The highest BCUT2D eigenvalue weighted by molar-refractivity contribution is 5.74. The average Bonchev–Trinajstić information content (AvgIpc) is 3.50. The fourth-order valence-corrected chi connectivity index (χ4v) is 10.2. The van der Waals surface area contributed by atoms with Crippen molar-refractivity contribution in [2.24, 2.45) is 0 Å². The Bertz CT molecular complexity index is 2350. The molecule has 0 saturated heterocycles. The Labute approximate surface area is 361 Å². The fraction of sp³-hybridized carbons (Fsp3) is 0.233. The van der Waals surface area contributed by atoms with Gasteiger partial charge in [-0.3, -0.25) is 0 Å². The van der Waals surface area contributed by atoms with Gasteiger partial charge in [-0.1, -0.05) is 240 Å². The topological polar surface area (TPSA) is 0 Å². The maximum atomic E-state index is 2.54. The quantitative estimate of drug-likeness (QED) is 0.128. The molecule has 2 aliphatic carbocycles. The van der Waals surface area contributed by atoms with Gasteiger partial charge in [0.15, 0.2) is 0 Å². The van der Waals surface area contributed by atoms with E-state index < -0.39 is 0 Å². The largest absolute Gasteiger partial charge is 0.0871 e. The van der Waals surface area contributed by atoms with Gasteiger partial charge in [-0.15, -0.1) is 0 Å². The molecular formula is C60H62. The lowest BCUT2D eigenvalue weighted by atomic mass is 9.46. The minimum Gasteiger partial charge on any atom is -0.0871 e. The molecular weight excluding hydrogens is 721 g/mol. The van der Waals surface area contributed by atoms with Crippen LogP contribution in [-0.2, 0) is 16.2 Å². The molecule has 0 bridgehead atoms. The van der Waals surface area contributed by atoms with Crippen molar-refractivity contribution in [2.45, 2.75) is 89.9 Å². The number of fused-ring (bicyclic) bond motifs is 1. The van der Waals surface area contributed by atoms with Gasteiger partial charge in [0.05, 0.1) is 0 Å². The Balaban J connectivity index is 0.000000306. The first-order chi connectivity index (χ1) is 29.4. The van der Waals surface area contributed by atoms with Gasteiger partial charge in [0.1, 0.15) is 0 Å². The summed E-state index contributed by atoms with van der Waals surface area (Å²) in [5.41, 5.74) is 16.4. The second-order valence-electron chi connectivity index (χ2n) is 16.8. The van der Waals surface area contributed by atoms with E-state index in [0.717, 1.165) is 19.3 Å². The maximum absolute atomic E-state index is 2.54. The molecule has 2 aliphatic rings. The van der Waals surface area contributed by atoms with E-state index in [-0.39, 0.29) is 16.2 Å². The van der Waals surface area contributed by atoms with Crippen LogP contribution < -0.4 is 0 Å².